The zero-order valence-corrected chi connectivity index (χ0v) is 9.17. The zero-order chi connectivity index (χ0) is 10.0. The second kappa shape index (κ2) is 3.91. The van der Waals surface area contributed by atoms with Crippen LogP contribution in [0.15, 0.2) is 10.5 Å². The van der Waals surface area contributed by atoms with E-state index in [0.29, 0.717) is 11.0 Å². The van der Waals surface area contributed by atoms with Gasteiger partial charge in [-0.3, -0.25) is 0 Å². The first-order valence-electron chi connectivity index (χ1n) is 4.14. The Kier molecular flexibility index (Phi) is 3.08. The van der Waals surface area contributed by atoms with Gasteiger partial charge in [0.2, 0.25) is 0 Å². The molecule has 0 spiro atoms. The minimum Gasteiger partial charge on any atom is -0.358 e. The molecule has 0 unspecified atom stereocenters. The van der Waals surface area contributed by atoms with Crippen LogP contribution in [-0.2, 0) is 13.0 Å². The summed E-state index contributed by atoms with van der Waals surface area (Å²) < 4.78 is 2.28. The lowest BCUT2D eigenvalue weighted by molar-refractivity contribution is -0.392. The highest BCUT2D eigenvalue weighted by atomic mass is 79.9. The largest absolute Gasteiger partial charge is 0.358 e. The molecule has 0 aliphatic carbocycles. The van der Waals surface area contributed by atoms with Crippen LogP contribution in [0.1, 0.15) is 19.5 Å². The van der Waals surface area contributed by atoms with Gasteiger partial charge in [-0.05, 0) is 27.8 Å². The van der Waals surface area contributed by atoms with E-state index in [-0.39, 0.29) is 10.7 Å². The monoisotopic (exact) mass is 246 g/mol. The van der Waals surface area contributed by atoms with Crippen molar-refractivity contribution in [2.45, 2.75) is 26.8 Å². The average molecular weight is 247 g/mol. The fraction of sp³-hybridized carbons (Fsp3) is 0.500. The molecule has 5 heteroatoms. The van der Waals surface area contributed by atoms with Crippen LogP contribution in [0, 0.1) is 10.1 Å². The Bertz CT molecular complexity index is 333. The van der Waals surface area contributed by atoms with Crippen molar-refractivity contribution in [1.29, 1.82) is 0 Å². The maximum absolute atomic E-state index is 10.7. The molecule has 0 amide bonds. The highest BCUT2D eigenvalue weighted by molar-refractivity contribution is 9.10. The predicted octanol–water partition coefficient (Wildman–Crippen LogP) is 2.74. The lowest BCUT2D eigenvalue weighted by Gasteiger charge is -2.00. The molecular weight excluding hydrogens is 236 g/mol. The number of rotatable bonds is 3. The van der Waals surface area contributed by atoms with Gasteiger partial charge in [0.25, 0.3) is 0 Å². The lowest BCUT2D eigenvalue weighted by Crippen LogP contribution is -2.04. The van der Waals surface area contributed by atoms with Crippen LogP contribution in [0.4, 0.5) is 5.82 Å². The molecule has 4 nitrogen and oxygen atoms in total. The minimum atomic E-state index is -0.354. The molecule has 0 aliphatic rings. The third kappa shape index (κ3) is 1.75. The van der Waals surface area contributed by atoms with Crippen molar-refractivity contribution in [3.05, 3.63) is 26.3 Å². The van der Waals surface area contributed by atoms with E-state index in [9.17, 15) is 10.1 Å². The molecule has 0 fully saturated rings. The molecule has 0 aliphatic heterocycles. The molecule has 0 bridgehead atoms. The van der Waals surface area contributed by atoms with Crippen molar-refractivity contribution in [2.75, 3.05) is 0 Å². The lowest BCUT2D eigenvalue weighted by atomic mass is 10.3. The second-order valence-electron chi connectivity index (χ2n) is 2.66. The van der Waals surface area contributed by atoms with Crippen molar-refractivity contribution in [3.8, 4) is 0 Å². The van der Waals surface area contributed by atoms with Crippen LogP contribution >= 0.6 is 15.9 Å². The topological polar surface area (TPSA) is 48.1 Å². The molecule has 0 saturated carbocycles. The average Bonchev–Trinajstić information content (AvgIpc) is 2.41. The summed E-state index contributed by atoms with van der Waals surface area (Å²) in [5.74, 6) is 0.152. The van der Waals surface area contributed by atoms with E-state index in [1.807, 2.05) is 19.9 Å². The maximum Gasteiger partial charge on any atom is 0.337 e. The molecule has 0 saturated heterocycles. The number of halogens is 1. The van der Waals surface area contributed by atoms with Crippen molar-refractivity contribution in [1.82, 2.24) is 4.57 Å². The van der Waals surface area contributed by atoms with Gasteiger partial charge in [0, 0.05) is 12.5 Å². The molecule has 1 aromatic heterocycles. The molecule has 1 heterocycles. The van der Waals surface area contributed by atoms with Crippen molar-refractivity contribution in [3.63, 3.8) is 0 Å². The van der Waals surface area contributed by atoms with Crippen molar-refractivity contribution in [2.24, 2.45) is 0 Å². The first kappa shape index (κ1) is 10.2. The Morgan fingerprint density at radius 3 is 2.62 bits per heavy atom. The first-order chi connectivity index (χ1) is 6.11. The van der Waals surface area contributed by atoms with Crippen molar-refractivity contribution < 1.29 is 4.92 Å². The summed E-state index contributed by atoms with van der Waals surface area (Å²) in [6.07, 6.45) is 0.806. The third-order valence-electron chi connectivity index (χ3n) is 1.96. The molecule has 1 rings (SSSR count). The van der Waals surface area contributed by atoms with Crippen molar-refractivity contribution >= 4 is 21.7 Å². The van der Waals surface area contributed by atoms with Crippen LogP contribution in [0.5, 0.6) is 0 Å². The SMILES string of the molecule is CCc1cc(Br)c([N+](=O)[O-])n1CC. The Balaban J connectivity index is 3.31. The molecular formula is C8H11BrN2O2. The van der Waals surface area contributed by atoms with E-state index in [1.54, 1.807) is 4.57 Å². The van der Waals surface area contributed by atoms with Gasteiger partial charge in [-0.2, -0.15) is 0 Å². The number of aryl methyl sites for hydroxylation is 1. The summed E-state index contributed by atoms with van der Waals surface area (Å²) in [5, 5.41) is 10.7. The Morgan fingerprint density at radius 1 is 1.62 bits per heavy atom. The van der Waals surface area contributed by atoms with E-state index in [4.69, 9.17) is 0 Å². The van der Waals surface area contributed by atoms with Gasteiger partial charge in [0.05, 0.1) is 6.54 Å². The molecule has 0 aromatic carbocycles. The highest BCUT2D eigenvalue weighted by Crippen LogP contribution is 2.29. The number of hydrogen-bond donors (Lipinski definition) is 0. The van der Waals surface area contributed by atoms with E-state index in [2.05, 4.69) is 15.9 Å². The summed E-state index contributed by atoms with van der Waals surface area (Å²) >= 11 is 3.19. The van der Waals surface area contributed by atoms with Gasteiger partial charge in [-0.15, -0.1) is 0 Å². The van der Waals surface area contributed by atoms with Gasteiger partial charge >= 0.3 is 5.82 Å². The van der Waals surface area contributed by atoms with Crippen LogP contribution in [-0.4, -0.2) is 9.49 Å². The van der Waals surface area contributed by atoms with Gasteiger partial charge < -0.3 is 10.1 Å². The van der Waals surface area contributed by atoms with Gasteiger partial charge in [-0.1, -0.05) is 6.92 Å². The highest BCUT2D eigenvalue weighted by Gasteiger charge is 2.21. The molecule has 72 valence electrons. The summed E-state index contributed by atoms with van der Waals surface area (Å²) in [6, 6.07) is 1.81. The zero-order valence-electron chi connectivity index (χ0n) is 7.58. The fourth-order valence-corrected chi connectivity index (χ4v) is 2.01. The smallest absolute Gasteiger partial charge is 0.337 e. The standard InChI is InChI=1S/C8H11BrN2O2/c1-3-6-5-7(9)8(11(12)13)10(6)4-2/h5H,3-4H2,1-2H3. The quantitative estimate of drug-likeness (QED) is 0.609. The number of nitrogens with zero attached hydrogens (tertiary/aromatic N) is 2. The Morgan fingerprint density at radius 2 is 2.23 bits per heavy atom. The predicted molar refractivity (Wildman–Crippen MR) is 53.8 cm³/mol. The van der Waals surface area contributed by atoms with Crippen LogP contribution < -0.4 is 0 Å². The van der Waals surface area contributed by atoms with E-state index >= 15 is 0 Å². The Labute approximate surface area is 84.8 Å². The number of nitro groups is 1. The summed E-state index contributed by atoms with van der Waals surface area (Å²) in [4.78, 5) is 10.3. The third-order valence-corrected chi connectivity index (χ3v) is 2.54. The van der Waals surface area contributed by atoms with Gasteiger partial charge in [0.1, 0.15) is 10.2 Å². The first-order valence-corrected chi connectivity index (χ1v) is 4.93. The van der Waals surface area contributed by atoms with Gasteiger partial charge in [0.15, 0.2) is 0 Å². The summed E-state index contributed by atoms with van der Waals surface area (Å²) in [7, 11) is 0. The normalized spacial score (nSPS) is 10.4. The van der Waals surface area contributed by atoms with Crippen LogP contribution in [0.3, 0.4) is 0 Å². The Hall–Kier alpha value is -0.840. The van der Waals surface area contributed by atoms with E-state index in [0.717, 1.165) is 12.1 Å². The van der Waals surface area contributed by atoms with Gasteiger partial charge in [-0.25, -0.2) is 4.57 Å². The summed E-state index contributed by atoms with van der Waals surface area (Å²) in [6.45, 7) is 4.52. The number of aromatic nitrogens is 1. The molecule has 0 N–H and O–H groups in total. The second-order valence-corrected chi connectivity index (χ2v) is 3.52. The molecule has 0 radical (unpaired) electrons. The van der Waals surface area contributed by atoms with E-state index < -0.39 is 0 Å². The summed E-state index contributed by atoms with van der Waals surface area (Å²) in [5.41, 5.74) is 0.987. The minimum absolute atomic E-state index is 0.152. The molecule has 13 heavy (non-hydrogen) atoms. The van der Waals surface area contributed by atoms with Crippen LogP contribution in [0.25, 0.3) is 0 Å². The molecule has 1 aromatic rings. The number of hydrogen-bond acceptors (Lipinski definition) is 2. The molecule has 0 atom stereocenters. The van der Waals surface area contributed by atoms with E-state index in [1.165, 1.54) is 0 Å². The maximum atomic E-state index is 10.7. The van der Waals surface area contributed by atoms with Crippen LogP contribution in [0.2, 0.25) is 0 Å². The fourth-order valence-electron chi connectivity index (χ4n) is 1.39.